The quantitative estimate of drug-likeness (QED) is 0.101. The third kappa shape index (κ3) is 18.7. The minimum atomic E-state index is 0. The van der Waals surface area contributed by atoms with Gasteiger partial charge in [0.15, 0.2) is 23.3 Å². The molecule has 0 amide bonds. The van der Waals surface area contributed by atoms with Crippen molar-refractivity contribution in [1.29, 1.82) is 0 Å². The van der Waals surface area contributed by atoms with Crippen molar-refractivity contribution in [3.05, 3.63) is 475 Å². The van der Waals surface area contributed by atoms with Crippen LogP contribution in [-0.2, 0) is 76.3 Å². The molecule has 2 radical (unpaired) electrons. The van der Waals surface area contributed by atoms with Gasteiger partial charge in [-0.25, -0.2) is 59.9 Å². The molecule has 0 fully saturated rings. The van der Waals surface area contributed by atoms with Crippen LogP contribution in [0.15, 0.2) is 398 Å². The van der Waals surface area contributed by atoms with Crippen LogP contribution in [0.25, 0.3) is 89.9 Å². The van der Waals surface area contributed by atoms with Crippen LogP contribution in [0.4, 0.5) is 11.6 Å². The molecule has 718 valence electrons. The van der Waals surface area contributed by atoms with Crippen LogP contribution in [-0.4, -0.2) is 120 Å². The van der Waals surface area contributed by atoms with E-state index in [9.17, 15) is 0 Å². The van der Waals surface area contributed by atoms with Gasteiger partial charge in [-0.15, -0.1) is 45.7 Å². The molecule has 0 N–H and O–H groups in total. The molecule has 0 saturated carbocycles. The zero-order valence-electron chi connectivity index (χ0n) is 78.9. The Kier molecular flexibility index (Phi) is 26.7. The molecule has 0 aliphatic carbocycles. The first kappa shape index (κ1) is 96.6. The number of benzene rings is 8. The SMILES string of the molecule is C1=NC2=NC1=Nc1cnc([n-]1)C1=NC(=Nc3cnc2[n-]3)C=N1.CC1=CC2=C(C)c3cc(C)c([n-]3)C3=NC(=C(C)c4cc(C)c([n-]4)C1=N2)C=C3C.[Cu+2].[Cu+2].[Pt+2].[Pt+2].[c-]1c2cncc1c1nc(nc3[c-]c(cnc3)c3nc(n2)C=C3c2ccccc2)C=C1c1ccccc1.c1ccc(C2=NC3=NC2=C(c2ccccc2)c2[n-]c(nc2-c2ccccc2)C2=NC(=C(c4ccccc4)c4[n-]c3nc4-c3ccccc3)C(c3ccccc3)=N2)cc1. The van der Waals surface area contributed by atoms with Crippen LogP contribution in [0.1, 0.15) is 153 Å². The largest absolute Gasteiger partial charge is 2.00 e. The smallest absolute Gasteiger partial charge is 0.656 e. The second-order valence-electron chi connectivity index (χ2n) is 34.7. The molecule has 8 aromatic carbocycles. The summed E-state index contributed by atoms with van der Waals surface area (Å²) >= 11 is 0. The third-order valence-corrected chi connectivity index (χ3v) is 25.1. The number of aliphatic imine (C=N–C) groups is 12. The molecule has 20 heterocycles. The monoisotopic (exact) mass is 2370 g/mol. The summed E-state index contributed by atoms with van der Waals surface area (Å²) in [4.78, 5) is 133. The molecular weight excluding hydrogens is 2300 g/mol. The van der Waals surface area contributed by atoms with Gasteiger partial charge in [-0.2, -0.15) is 0 Å². The van der Waals surface area contributed by atoms with E-state index in [1.165, 1.54) is 24.8 Å². The normalized spacial score (nSPS) is 14.9. The Labute approximate surface area is 897 Å². The van der Waals surface area contributed by atoms with E-state index in [2.05, 4.69) is 186 Å². The zero-order chi connectivity index (χ0) is 96.6. The summed E-state index contributed by atoms with van der Waals surface area (Å²) in [6.07, 6.45) is 21.2. The molecule has 148 heavy (non-hydrogen) atoms. The molecule has 17 aromatic rings. The van der Waals surface area contributed by atoms with Crippen LogP contribution in [0.3, 0.4) is 0 Å². The molecule has 32 bridgehead atoms. The van der Waals surface area contributed by atoms with Gasteiger partial charge < -0.3 is 69.8 Å². The fourth-order valence-electron chi connectivity index (χ4n) is 18.1. The summed E-state index contributed by atoms with van der Waals surface area (Å²) in [6, 6.07) is 92.0. The number of imidazole rings is 4. The third-order valence-electron chi connectivity index (χ3n) is 25.1. The maximum Gasteiger partial charge on any atom is 2.00 e. The maximum atomic E-state index is 5.38. The number of nitrogens with zero attached hydrogens (tertiary/aromatic N) is 28. The van der Waals surface area contributed by atoms with Crippen molar-refractivity contribution in [3.8, 4) is 22.5 Å². The molecule has 11 aliphatic rings. The van der Waals surface area contributed by atoms with Crippen molar-refractivity contribution in [1.82, 2.24) is 79.7 Å². The average Bonchev–Trinajstić information content (AvgIpc) is 1.58. The summed E-state index contributed by atoms with van der Waals surface area (Å²) in [7, 11) is 0. The molecule has 32 heteroatoms. The van der Waals surface area contributed by atoms with E-state index >= 15 is 0 Å². The number of allylic oxidation sites excluding steroid dienone is 8. The van der Waals surface area contributed by atoms with Crippen molar-refractivity contribution in [3.63, 3.8) is 0 Å². The van der Waals surface area contributed by atoms with Crippen molar-refractivity contribution in [2.45, 2.75) is 41.5 Å². The summed E-state index contributed by atoms with van der Waals surface area (Å²) < 4.78 is 0. The number of hydrogen-bond acceptors (Lipinski definition) is 22. The van der Waals surface area contributed by atoms with Crippen molar-refractivity contribution in [2.24, 2.45) is 59.9 Å². The van der Waals surface area contributed by atoms with E-state index in [1.807, 2.05) is 206 Å². The van der Waals surface area contributed by atoms with E-state index < -0.39 is 0 Å². The minimum Gasteiger partial charge on any atom is -0.656 e. The number of amidine groups is 6. The number of rotatable bonds is 8. The standard InChI is InChI=1S/C50H30N8.C30H16N6.C24H22N4.C12H4N10.2Cu.2Pt/c1-7-19-31(20-8-1)37-43-39(33-23-11-3-12-24-33)51-47(55-43)49-53-41(35-27-15-5-16-28-35)45(57-49)38(32-21-9-2-10-22-32)46-42(36-29-17-6-18-30-36)54-50(58-46)48-52-40(44(37)56-48)34-25-13-4-14-26-34;1-3-7-19(8-4-1)25-13-27-33-24-12-22(16-32-18-24)30-26(20-9-5-2-6-10-20)14-28(36-30)34-23-11-21(15-31-17-23)29(25)35-27;1-11-7-17-15(5)18-9-13(3)23(27-18)24-14(4)10-20(28-24)16(6)19-8-12(2)22(26-19)21(11)25-17;1-5-17-6-2-15-11(20-6)12-16-4-8(22-12)18-7-3-14-10(21-7)9(13-1)19-5;;;;/h1-30H;1-10,13-18H;7-10H,1-6H3;1-4H;;;;/q4*-2;4*+2. The van der Waals surface area contributed by atoms with Crippen LogP contribution >= 0.6 is 0 Å². The summed E-state index contributed by atoms with van der Waals surface area (Å²) in [5.41, 5.74) is 33.3. The number of hydrogen-bond donors (Lipinski definition) is 0. The zero-order valence-corrected chi connectivity index (χ0v) is 85.4. The van der Waals surface area contributed by atoms with Gasteiger partial charge in [-0.1, -0.05) is 278 Å². The Morgan fingerprint density at radius 1 is 0.277 bits per heavy atom. The first-order valence-corrected chi connectivity index (χ1v) is 46.4. The van der Waals surface area contributed by atoms with Crippen molar-refractivity contribution in [2.75, 3.05) is 0 Å². The molecule has 28 rings (SSSR count). The fourth-order valence-corrected chi connectivity index (χ4v) is 18.1. The van der Waals surface area contributed by atoms with Gasteiger partial charge in [0.25, 0.3) is 0 Å². The Morgan fingerprint density at radius 3 is 1.00 bits per heavy atom. The van der Waals surface area contributed by atoms with Gasteiger partial charge in [0.1, 0.15) is 23.3 Å². The molecule has 0 unspecified atom stereocenters. The second-order valence-corrected chi connectivity index (χ2v) is 34.7. The fraction of sp³-hybridized carbons (Fsp3) is 0.0517. The predicted molar refractivity (Wildman–Crippen MR) is 563 cm³/mol. The van der Waals surface area contributed by atoms with Crippen LogP contribution in [0.5, 0.6) is 0 Å². The van der Waals surface area contributed by atoms with Crippen molar-refractivity contribution >= 4 is 149 Å². The molecular formula is C116H72Cu2N28Pt2. The van der Waals surface area contributed by atoms with E-state index in [4.69, 9.17) is 79.8 Å². The van der Waals surface area contributed by atoms with Crippen molar-refractivity contribution < 1.29 is 76.3 Å². The molecule has 0 atom stereocenters. The van der Waals surface area contributed by atoms with Gasteiger partial charge in [-0.3, -0.25) is 9.97 Å². The Morgan fingerprint density at radius 2 is 0.628 bits per heavy atom. The molecule has 0 saturated heterocycles. The van der Waals surface area contributed by atoms with Gasteiger partial charge >= 0.3 is 76.3 Å². The van der Waals surface area contributed by atoms with Gasteiger partial charge in [0, 0.05) is 44.9 Å². The van der Waals surface area contributed by atoms with Crippen LogP contribution in [0.2, 0.25) is 0 Å². The number of aromatic nitrogens is 16. The Bertz CT molecular complexity index is 8600. The van der Waals surface area contributed by atoms with Gasteiger partial charge in [0.05, 0.1) is 69.7 Å². The van der Waals surface area contributed by atoms with E-state index in [1.54, 1.807) is 24.8 Å². The maximum absolute atomic E-state index is 5.38. The minimum absolute atomic E-state index is 0. The Hall–Kier alpha value is -17.5. The summed E-state index contributed by atoms with van der Waals surface area (Å²) in [5, 5.41) is 1.47. The van der Waals surface area contributed by atoms with Gasteiger partial charge in [0.2, 0.25) is 0 Å². The topological polar surface area (TPSA) is 362 Å². The predicted octanol–water partition coefficient (Wildman–Crippen LogP) is 19.6. The first-order chi connectivity index (χ1) is 70.7. The van der Waals surface area contributed by atoms with Crippen LogP contribution in [0, 0.1) is 26.0 Å². The Balaban J connectivity index is 0.000000122. The summed E-state index contributed by atoms with van der Waals surface area (Å²) in [6.45, 7) is 12.6. The molecule has 0 spiro atoms. The number of aryl methyl sites for hydroxylation is 2. The first-order valence-electron chi connectivity index (χ1n) is 46.4. The molecule has 28 nitrogen and oxygen atoms in total. The summed E-state index contributed by atoms with van der Waals surface area (Å²) in [5.74, 6) is 5.87. The van der Waals surface area contributed by atoms with Crippen LogP contribution < -0.4 is 29.9 Å². The number of pyridine rings is 2. The second kappa shape index (κ2) is 41.0. The molecule has 9 aromatic heterocycles. The molecule has 11 aliphatic heterocycles. The van der Waals surface area contributed by atoms with E-state index in [0.29, 0.717) is 138 Å². The van der Waals surface area contributed by atoms with E-state index in [0.717, 1.165) is 168 Å². The van der Waals surface area contributed by atoms with Gasteiger partial charge in [-0.05, 0) is 203 Å². The number of fused-ring (bicyclic) bond motifs is 34. The average molecular weight is 2380 g/mol. The van der Waals surface area contributed by atoms with E-state index in [-0.39, 0.29) is 76.3 Å².